The van der Waals surface area contributed by atoms with Crippen molar-refractivity contribution in [1.29, 1.82) is 0 Å². The summed E-state index contributed by atoms with van der Waals surface area (Å²) < 4.78 is 18.5. The SMILES string of the molecule is COc1nc2c(N)nc(OCCC3CC3)nc2n1CCC1CCOC1. The molecule has 0 radical (unpaired) electrons. The van der Waals surface area contributed by atoms with E-state index in [1.807, 2.05) is 4.57 Å². The van der Waals surface area contributed by atoms with Gasteiger partial charge in [-0.15, -0.1) is 0 Å². The Morgan fingerprint density at radius 2 is 2.04 bits per heavy atom. The molecule has 1 aliphatic carbocycles. The van der Waals surface area contributed by atoms with Crippen molar-refractivity contribution in [3.63, 3.8) is 0 Å². The van der Waals surface area contributed by atoms with Crippen LogP contribution in [0.15, 0.2) is 0 Å². The van der Waals surface area contributed by atoms with Crippen LogP contribution in [0.25, 0.3) is 11.2 Å². The highest BCUT2D eigenvalue weighted by Crippen LogP contribution is 2.32. The second-order valence-electron chi connectivity index (χ2n) is 6.91. The van der Waals surface area contributed by atoms with E-state index in [9.17, 15) is 0 Å². The van der Waals surface area contributed by atoms with E-state index in [0.29, 0.717) is 41.5 Å². The fraction of sp³-hybridized carbons (Fsp3) is 0.706. The van der Waals surface area contributed by atoms with Crippen molar-refractivity contribution in [3.8, 4) is 12.0 Å². The molecule has 2 fully saturated rings. The molecule has 2 aliphatic rings. The van der Waals surface area contributed by atoms with E-state index in [1.165, 1.54) is 12.8 Å². The normalized spacial score (nSPS) is 20.3. The summed E-state index contributed by atoms with van der Waals surface area (Å²) in [4.78, 5) is 13.2. The molecule has 25 heavy (non-hydrogen) atoms. The summed E-state index contributed by atoms with van der Waals surface area (Å²) in [6, 6.07) is 0.823. The zero-order valence-corrected chi connectivity index (χ0v) is 14.6. The van der Waals surface area contributed by atoms with E-state index in [0.717, 1.165) is 44.9 Å². The molecule has 0 aromatic carbocycles. The molecule has 1 saturated carbocycles. The Hall–Kier alpha value is -2.09. The molecule has 1 saturated heterocycles. The van der Waals surface area contributed by atoms with E-state index in [1.54, 1.807) is 7.11 Å². The molecule has 136 valence electrons. The van der Waals surface area contributed by atoms with Gasteiger partial charge in [0.15, 0.2) is 17.0 Å². The van der Waals surface area contributed by atoms with Gasteiger partial charge in [0.1, 0.15) is 0 Å². The Labute approximate surface area is 146 Å². The van der Waals surface area contributed by atoms with Crippen LogP contribution in [-0.4, -0.2) is 46.4 Å². The third kappa shape index (κ3) is 3.63. The van der Waals surface area contributed by atoms with Gasteiger partial charge < -0.3 is 19.9 Å². The number of nitrogens with two attached hydrogens (primary N) is 1. The average Bonchev–Trinajstić information content (AvgIpc) is 3.15. The van der Waals surface area contributed by atoms with Crippen LogP contribution in [-0.2, 0) is 11.3 Å². The van der Waals surface area contributed by atoms with Crippen molar-refractivity contribution in [1.82, 2.24) is 19.5 Å². The summed E-state index contributed by atoms with van der Waals surface area (Å²) in [5, 5.41) is 0. The number of imidazole rings is 1. The smallest absolute Gasteiger partial charge is 0.320 e. The zero-order chi connectivity index (χ0) is 17.2. The molecule has 2 aromatic rings. The predicted octanol–water partition coefficient (Wildman–Crippen LogP) is 2.02. The highest BCUT2D eigenvalue weighted by atomic mass is 16.5. The predicted molar refractivity (Wildman–Crippen MR) is 92.7 cm³/mol. The fourth-order valence-corrected chi connectivity index (χ4v) is 3.25. The largest absolute Gasteiger partial charge is 0.468 e. The first-order valence-corrected chi connectivity index (χ1v) is 9.03. The lowest BCUT2D eigenvalue weighted by Crippen LogP contribution is -2.09. The Bertz CT molecular complexity index is 737. The van der Waals surface area contributed by atoms with Crippen molar-refractivity contribution in [2.75, 3.05) is 32.7 Å². The van der Waals surface area contributed by atoms with E-state index >= 15 is 0 Å². The molecule has 8 nitrogen and oxygen atoms in total. The van der Waals surface area contributed by atoms with Gasteiger partial charge in [0.25, 0.3) is 6.01 Å². The Morgan fingerprint density at radius 3 is 2.76 bits per heavy atom. The Balaban J connectivity index is 1.55. The van der Waals surface area contributed by atoms with E-state index in [-0.39, 0.29) is 0 Å². The van der Waals surface area contributed by atoms with Crippen LogP contribution in [0.3, 0.4) is 0 Å². The summed E-state index contributed by atoms with van der Waals surface area (Å²) in [7, 11) is 1.60. The number of fused-ring (bicyclic) bond motifs is 1. The molecular formula is C17H25N5O3. The maximum Gasteiger partial charge on any atom is 0.320 e. The number of rotatable bonds is 8. The van der Waals surface area contributed by atoms with Gasteiger partial charge in [-0.2, -0.15) is 15.0 Å². The average molecular weight is 347 g/mol. The molecule has 0 bridgehead atoms. The zero-order valence-electron chi connectivity index (χ0n) is 14.6. The highest BCUT2D eigenvalue weighted by Gasteiger charge is 2.22. The summed E-state index contributed by atoms with van der Waals surface area (Å²) >= 11 is 0. The van der Waals surface area contributed by atoms with Gasteiger partial charge in [-0.1, -0.05) is 12.8 Å². The molecule has 0 amide bonds. The molecule has 1 atom stereocenters. The van der Waals surface area contributed by atoms with Gasteiger partial charge >= 0.3 is 6.01 Å². The molecule has 4 rings (SSSR count). The number of nitrogen functional groups attached to an aromatic ring is 1. The third-order valence-electron chi connectivity index (χ3n) is 4.99. The first kappa shape index (κ1) is 16.4. The lowest BCUT2D eigenvalue weighted by atomic mass is 10.1. The summed E-state index contributed by atoms with van der Waals surface area (Å²) in [5.41, 5.74) is 7.31. The number of aromatic nitrogens is 4. The summed E-state index contributed by atoms with van der Waals surface area (Å²) in [6.45, 7) is 3.05. The van der Waals surface area contributed by atoms with Crippen LogP contribution in [0.1, 0.15) is 32.1 Å². The minimum absolute atomic E-state index is 0.318. The van der Waals surface area contributed by atoms with Gasteiger partial charge in [0.05, 0.1) is 13.7 Å². The number of nitrogens with zero attached hydrogens (tertiary/aromatic N) is 4. The van der Waals surface area contributed by atoms with Crippen molar-refractivity contribution in [2.45, 2.75) is 38.6 Å². The van der Waals surface area contributed by atoms with Crippen molar-refractivity contribution < 1.29 is 14.2 Å². The quantitative estimate of drug-likeness (QED) is 0.780. The maximum absolute atomic E-state index is 6.07. The van der Waals surface area contributed by atoms with Crippen LogP contribution >= 0.6 is 0 Å². The van der Waals surface area contributed by atoms with Gasteiger partial charge in [-0.05, 0) is 31.1 Å². The van der Waals surface area contributed by atoms with Crippen LogP contribution in [0.4, 0.5) is 5.82 Å². The first-order valence-electron chi connectivity index (χ1n) is 9.03. The second-order valence-corrected chi connectivity index (χ2v) is 6.91. The second kappa shape index (κ2) is 7.03. The Kier molecular flexibility index (Phi) is 4.61. The van der Waals surface area contributed by atoms with Crippen molar-refractivity contribution in [3.05, 3.63) is 0 Å². The molecular weight excluding hydrogens is 322 g/mol. The first-order chi connectivity index (χ1) is 12.2. The summed E-state index contributed by atoms with van der Waals surface area (Å²) in [6.07, 6.45) is 5.75. The van der Waals surface area contributed by atoms with Gasteiger partial charge in [-0.3, -0.25) is 4.57 Å². The van der Waals surface area contributed by atoms with E-state index in [2.05, 4.69) is 15.0 Å². The maximum atomic E-state index is 6.07. The lowest BCUT2D eigenvalue weighted by molar-refractivity contribution is 0.183. The molecule has 0 spiro atoms. The number of hydrogen-bond acceptors (Lipinski definition) is 7. The van der Waals surface area contributed by atoms with Crippen LogP contribution in [0.5, 0.6) is 12.0 Å². The van der Waals surface area contributed by atoms with E-state index < -0.39 is 0 Å². The number of ether oxygens (including phenoxy) is 3. The number of hydrogen-bond donors (Lipinski definition) is 1. The van der Waals surface area contributed by atoms with Gasteiger partial charge in [-0.25, -0.2) is 0 Å². The van der Waals surface area contributed by atoms with Gasteiger partial charge in [0.2, 0.25) is 0 Å². The fourth-order valence-electron chi connectivity index (χ4n) is 3.25. The standard InChI is InChI=1S/C17H25N5O3/c1-23-17-19-13-14(18)20-16(25-9-6-11-2-3-11)21-15(13)22(17)7-4-12-5-8-24-10-12/h11-12H,2-10H2,1H3,(H2,18,20,21). The highest BCUT2D eigenvalue weighted by molar-refractivity contribution is 5.83. The molecule has 2 N–H and O–H groups in total. The molecule has 3 heterocycles. The minimum atomic E-state index is 0.318. The molecule has 8 heteroatoms. The minimum Gasteiger partial charge on any atom is -0.468 e. The number of aryl methyl sites for hydroxylation is 1. The number of anilines is 1. The van der Waals surface area contributed by atoms with E-state index in [4.69, 9.17) is 19.9 Å². The van der Waals surface area contributed by atoms with Gasteiger partial charge in [0, 0.05) is 19.8 Å². The van der Waals surface area contributed by atoms with Crippen LogP contribution in [0.2, 0.25) is 0 Å². The molecule has 2 aromatic heterocycles. The third-order valence-corrected chi connectivity index (χ3v) is 4.99. The van der Waals surface area contributed by atoms with Crippen LogP contribution in [0, 0.1) is 11.8 Å². The number of methoxy groups -OCH3 is 1. The van der Waals surface area contributed by atoms with Crippen LogP contribution < -0.4 is 15.2 Å². The van der Waals surface area contributed by atoms with Crippen molar-refractivity contribution >= 4 is 17.0 Å². The lowest BCUT2D eigenvalue weighted by Gasteiger charge is -2.11. The summed E-state index contributed by atoms with van der Waals surface area (Å²) in [5.74, 6) is 1.70. The Morgan fingerprint density at radius 1 is 1.16 bits per heavy atom. The monoisotopic (exact) mass is 347 g/mol. The molecule has 1 unspecified atom stereocenters. The molecule has 1 aliphatic heterocycles. The van der Waals surface area contributed by atoms with Crippen molar-refractivity contribution in [2.24, 2.45) is 11.8 Å². The topological polar surface area (TPSA) is 97.3 Å².